The fourth-order valence-corrected chi connectivity index (χ4v) is 4.56. The van der Waals surface area contributed by atoms with Crippen molar-refractivity contribution in [3.05, 3.63) is 76.1 Å². The molecule has 1 unspecified atom stereocenters. The molecule has 25 heavy (non-hydrogen) atoms. The molecule has 0 aliphatic carbocycles. The van der Waals surface area contributed by atoms with Crippen LogP contribution in [0.1, 0.15) is 22.8 Å². The summed E-state index contributed by atoms with van der Waals surface area (Å²) in [5.74, 6) is -0.548. The number of Topliss-reactive ketones (excluding diaryl/α,β-unsaturated/α-hetero) is 1. The van der Waals surface area contributed by atoms with Gasteiger partial charge in [0.05, 0.1) is 5.56 Å². The van der Waals surface area contributed by atoms with E-state index in [4.69, 9.17) is 11.6 Å². The van der Waals surface area contributed by atoms with Crippen LogP contribution >= 0.6 is 22.9 Å². The molecule has 1 N–H and O–H groups in total. The molecule has 5 heteroatoms. The van der Waals surface area contributed by atoms with Crippen LogP contribution in [0.15, 0.2) is 60.7 Å². The van der Waals surface area contributed by atoms with Crippen molar-refractivity contribution in [2.45, 2.75) is 12.3 Å². The maximum Gasteiger partial charge on any atom is 0.243 e. The lowest BCUT2D eigenvalue weighted by Crippen LogP contribution is -2.48. The second kappa shape index (κ2) is 5.83. The number of benzene rings is 2. The number of hydrogen-bond donors (Lipinski definition) is 1. The summed E-state index contributed by atoms with van der Waals surface area (Å²) >= 11 is 7.66. The highest BCUT2D eigenvalue weighted by molar-refractivity contribution is 7.21. The first-order valence-electron chi connectivity index (χ1n) is 7.83. The van der Waals surface area contributed by atoms with E-state index >= 15 is 0 Å². The number of fused-ring (bicyclic) bond motifs is 1. The van der Waals surface area contributed by atoms with Crippen molar-refractivity contribution in [3.63, 3.8) is 0 Å². The van der Waals surface area contributed by atoms with Gasteiger partial charge < -0.3 is 5.32 Å². The number of halogens is 1. The Kier molecular flexibility index (Phi) is 3.74. The monoisotopic (exact) mass is 367 g/mol. The van der Waals surface area contributed by atoms with Crippen LogP contribution in [-0.4, -0.2) is 11.7 Å². The third kappa shape index (κ3) is 2.33. The van der Waals surface area contributed by atoms with Crippen molar-refractivity contribution >= 4 is 39.6 Å². The lowest BCUT2D eigenvalue weighted by molar-refractivity contribution is -0.119. The fourth-order valence-electron chi connectivity index (χ4n) is 3.19. The Hall–Kier alpha value is -2.43. The predicted octanol–water partition coefficient (Wildman–Crippen LogP) is 5.16. The number of nitrogens with one attached hydrogen (secondary N) is 1. The molecule has 3 aromatic rings. The Bertz CT molecular complexity index is 982. The van der Waals surface area contributed by atoms with Gasteiger partial charge >= 0.3 is 0 Å². The Morgan fingerprint density at radius 3 is 2.16 bits per heavy atom. The molecule has 124 valence electrons. The normalized spacial score (nSPS) is 19.4. The van der Waals surface area contributed by atoms with Gasteiger partial charge in [-0.15, -0.1) is 11.3 Å². The van der Waals surface area contributed by atoms with Crippen LogP contribution in [0.5, 0.6) is 0 Å². The van der Waals surface area contributed by atoms with Crippen LogP contribution in [-0.2, 0) is 10.2 Å². The zero-order chi connectivity index (χ0) is 17.6. The summed E-state index contributed by atoms with van der Waals surface area (Å²) < 4.78 is 0.502. The van der Waals surface area contributed by atoms with E-state index in [2.05, 4.69) is 5.32 Å². The molecule has 0 spiro atoms. The van der Waals surface area contributed by atoms with E-state index in [0.717, 1.165) is 5.56 Å². The minimum Gasteiger partial charge on any atom is -0.316 e. The zero-order valence-corrected chi connectivity index (χ0v) is 14.9. The lowest BCUT2D eigenvalue weighted by atomic mass is 9.73. The number of anilines is 1. The number of thiophene rings is 1. The van der Waals surface area contributed by atoms with Crippen molar-refractivity contribution < 1.29 is 9.59 Å². The molecule has 0 radical (unpaired) electrons. The molecule has 0 bridgehead atoms. The zero-order valence-electron chi connectivity index (χ0n) is 13.4. The molecule has 1 aliphatic heterocycles. The van der Waals surface area contributed by atoms with Gasteiger partial charge in [0.1, 0.15) is 14.8 Å². The molecule has 1 aliphatic rings. The van der Waals surface area contributed by atoms with E-state index in [0.29, 0.717) is 26.0 Å². The van der Waals surface area contributed by atoms with Crippen molar-refractivity contribution in [1.29, 1.82) is 0 Å². The summed E-state index contributed by atoms with van der Waals surface area (Å²) in [7, 11) is 0. The second-order valence-corrected chi connectivity index (χ2v) is 7.72. The second-order valence-electron chi connectivity index (χ2n) is 6.10. The third-order valence-electron chi connectivity index (χ3n) is 4.64. The molecule has 1 atom stereocenters. The average molecular weight is 368 g/mol. The van der Waals surface area contributed by atoms with Crippen molar-refractivity contribution in [3.8, 4) is 11.1 Å². The highest BCUT2D eigenvalue weighted by Gasteiger charge is 2.49. The van der Waals surface area contributed by atoms with E-state index < -0.39 is 5.41 Å². The van der Waals surface area contributed by atoms with Crippen molar-refractivity contribution in [2.24, 2.45) is 0 Å². The first-order chi connectivity index (χ1) is 12.0. The Labute approximate surface area is 154 Å². The molecule has 1 aromatic heterocycles. The van der Waals surface area contributed by atoms with Gasteiger partial charge in [0.2, 0.25) is 5.91 Å². The van der Waals surface area contributed by atoms with Gasteiger partial charge in [-0.3, -0.25) is 9.59 Å². The van der Waals surface area contributed by atoms with Gasteiger partial charge in [0, 0.05) is 5.56 Å². The van der Waals surface area contributed by atoms with E-state index in [1.165, 1.54) is 11.3 Å². The lowest BCUT2D eigenvalue weighted by Gasteiger charge is -2.31. The Morgan fingerprint density at radius 2 is 1.52 bits per heavy atom. The van der Waals surface area contributed by atoms with E-state index in [9.17, 15) is 9.59 Å². The van der Waals surface area contributed by atoms with Gasteiger partial charge in [-0.05, 0) is 18.1 Å². The Morgan fingerprint density at radius 1 is 0.920 bits per heavy atom. The summed E-state index contributed by atoms with van der Waals surface area (Å²) in [4.78, 5) is 26.2. The van der Waals surface area contributed by atoms with Crippen molar-refractivity contribution in [2.75, 3.05) is 5.32 Å². The van der Waals surface area contributed by atoms with Crippen LogP contribution in [0.2, 0.25) is 4.34 Å². The van der Waals surface area contributed by atoms with Crippen LogP contribution in [0.25, 0.3) is 11.1 Å². The van der Waals surface area contributed by atoms with Gasteiger partial charge in [-0.2, -0.15) is 0 Å². The number of hydrogen-bond acceptors (Lipinski definition) is 3. The number of carbonyl (C=O) groups is 2. The minimum atomic E-state index is -1.28. The summed E-state index contributed by atoms with van der Waals surface area (Å²) in [6.07, 6.45) is 0. The van der Waals surface area contributed by atoms with E-state index in [1.807, 2.05) is 48.5 Å². The van der Waals surface area contributed by atoms with Crippen LogP contribution < -0.4 is 5.32 Å². The third-order valence-corrected chi connectivity index (χ3v) is 5.96. The summed E-state index contributed by atoms with van der Waals surface area (Å²) in [6, 6.07) is 18.7. The Balaban J connectivity index is 1.95. The molecule has 3 nitrogen and oxygen atoms in total. The van der Waals surface area contributed by atoms with E-state index in [-0.39, 0.29) is 11.7 Å². The van der Waals surface area contributed by atoms with Crippen LogP contribution in [0.4, 0.5) is 5.00 Å². The quantitative estimate of drug-likeness (QED) is 0.636. The first kappa shape index (κ1) is 16.1. The molecule has 2 aromatic carbocycles. The smallest absolute Gasteiger partial charge is 0.243 e. The maximum atomic E-state index is 13.4. The molecular weight excluding hydrogens is 354 g/mol. The van der Waals surface area contributed by atoms with Gasteiger partial charge in [-0.25, -0.2) is 0 Å². The van der Waals surface area contributed by atoms with Crippen molar-refractivity contribution in [1.82, 2.24) is 0 Å². The predicted molar refractivity (Wildman–Crippen MR) is 102 cm³/mol. The number of carbonyl (C=O) groups excluding carboxylic acids is 2. The standard InChI is InChI=1S/C20H14ClNO2S/c1-20(13-10-6-3-7-11-13)16(23)15-14(12-8-4-2-5-9-12)17(21)25-18(15)22-19(20)24/h2-11H,1H3,(H,22,24). The highest BCUT2D eigenvalue weighted by atomic mass is 35.5. The molecule has 4 rings (SSSR count). The van der Waals surface area contributed by atoms with Gasteiger partial charge in [0.25, 0.3) is 0 Å². The number of amides is 1. The summed E-state index contributed by atoms with van der Waals surface area (Å²) in [5, 5.41) is 3.41. The number of rotatable bonds is 2. The van der Waals surface area contributed by atoms with Gasteiger partial charge in [0.15, 0.2) is 5.78 Å². The first-order valence-corrected chi connectivity index (χ1v) is 9.02. The van der Waals surface area contributed by atoms with Crippen LogP contribution in [0, 0.1) is 0 Å². The highest BCUT2D eigenvalue weighted by Crippen LogP contribution is 2.49. The molecule has 1 amide bonds. The topological polar surface area (TPSA) is 46.2 Å². The molecule has 0 saturated heterocycles. The summed E-state index contributed by atoms with van der Waals surface area (Å²) in [5.41, 5.74) is 1.44. The fraction of sp³-hybridized carbons (Fsp3) is 0.100. The molecule has 2 heterocycles. The SMILES string of the molecule is CC1(c2ccccc2)C(=O)Nc2sc(Cl)c(-c3ccccc3)c2C1=O. The summed E-state index contributed by atoms with van der Waals surface area (Å²) in [6.45, 7) is 1.67. The number of ketones is 1. The molecule has 0 saturated carbocycles. The largest absolute Gasteiger partial charge is 0.316 e. The minimum absolute atomic E-state index is 0.223. The molecular formula is C20H14ClNO2S. The maximum absolute atomic E-state index is 13.4. The van der Waals surface area contributed by atoms with Crippen LogP contribution in [0.3, 0.4) is 0 Å². The average Bonchev–Trinajstić information content (AvgIpc) is 2.97. The molecule has 0 fully saturated rings. The van der Waals surface area contributed by atoms with Gasteiger partial charge in [-0.1, -0.05) is 72.3 Å². The van der Waals surface area contributed by atoms with E-state index in [1.54, 1.807) is 19.1 Å².